The second kappa shape index (κ2) is 2.77. The van der Waals surface area contributed by atoms with Crippen molar-refractivity contribution in [2.24, 2.45) is 13.0 Å². The van der Waals surface area contributed by atoms with E-state index in [9.17, 15) is 4.79 Å². The number of rotatable bonds is 3. The average Bonchev–Trinajstić information content (AvgIpc) is 2.72. The van der Waals surface area contributed by atoms with Crippen molar-refractivity contribution in [3.8, 4) is 0 Å². The molecular formula is C10H13NO. The smallest absolute Gasteiger partial charge is 0.179 e. The van der Waals surface area contributed by atoms with Gasteiger partial charge in [0.2, 0.25) is 0 Å². The van der Waals surface area contributed by atoms with E-state index in [-0.39, 0.29) is 0 Å². The zero-order chi connectivity index (χ0) is 8.55. The minimum absolute atomic E-state index is 0.296. The van der Waals surface area contributed by atoms with Crippen LogP contribution in [-0.2, 0) is 7.05 Å². The van der Waals surface area contributed by atoms with Gasteiger partial charge < -0.3 is 4.57 Å². The Bertz CT molecular complexity index is 297. The fourth-order valence-corrected chi connectivity index (χ4v) is 1.44. The molecule has 64 valence electrons. The highest BCUT2D eigenvalue weighted by Gasteiger charge is 2.25. The molecule has 2 rings (SSSR count). The molecule has 0 saturated heterocycles. The monoisotopic (exact) mass is 163 g/mol. The third-order valence-corrected chi connectivity index (χ3v) is 2.40. The van der Waals surface area contributed by atoms with E-state index in [0.717, 1.165) is 12.1 Å². The third kappa shape index (κ3) is 1.42. The van der Waals surface area contributed by atoms with Crippen LogP contribution in [0.15, 0.2) is 18.3 Å². The highest BCUT2D eigenvalue weighted by molar-refractivity contribution is 5.94. The summed E-state index contributed by atoms with van der Waals surface area (Å²) < 4.78 is 1.89. The first-order valence-corrected chi connectivity index (χ1v) is 4.42. The van der Waals surface area contributed by atoms with Crippen molar-refractivity contribution in [1.29, 1.82) is 0 Å². The highest BCUT2D eigenvalue weighted by Crippen LogP contribution is 2.33. The molecule has 0 aliphatic heterocycles. The van der Waals surface area contributed by atoms with Crippen molar-refractivity contribution < 1.29 is 4.79 Å². The fraction of sp³-hybridized carbons (Fsp3) is 0.500. The van der Waals surface area contributed by atoms with Crippen LogP contribution in [0.3, 0.4) is 0 Å². The first-order valence-electron chi connectivity index (χ1n) is 4.42. The van der Waals surface area contributed by atoms with Crippen LogP contribution in [0, 0.1) is 5.92 Å². The van der Waals surface area contributed by atoms with E-state index < -0.39 is 0 Å². The van der Waals surface area contributed by atoms with Crippen molar-refractivity contribution in [3.63, 3.8) is 0 Å². The first-order chi connectivity index (χ1) is 5.77. The van der Waals surface area contributed by atoms with Gasteiger partial charge >= 0.3 is 0 Å². The van der Waals surface area contributed by atoms with Crippen LogP contribution in [0.4, 0.5) is 0 Å². The zero-order valence-electron chi connectivity index (χ0n) is 7.29. The summed E-state index contributed by atoms with van der Waals surface area (Å²) in [6.45, 7) is 0. The van der Waals surface area contributed by atoms with Crippen molar-refractivity contribution in [2.45, 2.75) is 19.3 Å². The molecule has 2 heteroatoms. The molecule has 0 bridgehead atoms. The van der Waals surface area contributed by atoms with Crippen molar-refractivity contribution in [1.82, 2.24) is 4.57 Å². The molecule has 1 aliphatic carbocycles. The summed E-state index contributed by atoms with van der Waals surface area (Å²) in [5.74, 6) is 0.984. The molecule has 0 aromatic carbocycles. The van der Waals surface area contributed by atoms with E-state index in [2.05, 4.69) is 0 Å². The molecule has 0 radical (unpaired) electrons. The number of hydrogen-bond acceptors (Lipinski definition) is 1. The van der Waals surface area contributed by atoms with Crippen LogP contribution in [0.25, 0.3) is 0 Å². The molecule has 0 N–H and O–H groups in total. The summed E-state index contributed by atoms with van der Waals surface area (Å²) in [6, 6.07) is 3.81. The van der Waals surface area contributed by atoms with Gasteiger partial charge in [-0.05, 0) is 30.9 Å². The SMILES string of the molecule is Cn1cccc1C(=O)CC1CC1. The molecular weight excluding hydrogens is 150 g/mol. The van der Waals surface area contributed by atoms with Gasteiger partial charge in [-0.3, -0.25) is 4.79 Å². The maximum Gasteiger partial charge on any atom is 0.179 e. The Morgan fingerprint density at radius 1 is 1.67 bits per heavy atom. The Labute approximate surface area is 72.2 Å². The van der Waals surface area contributed by atoms with Gasteiger partial charge in [-0.2, -0.15) is 0 Å². The number of aromatic nitrogens is 1. The molecule has 1 aromatic heterocycles. The van der Waals surface area contributed by atoms with Crippen LogP contribution in [0.1, 0.15) is 29.8 Å². The molecule has 1 aromatic rings. The van der Waals surface area contributed by atoms with Crippen molar-refractivity contribution in [3.05, 3.63) is 24.0 Å². The molecule has 1 heterocycles. The molecule has 1 aliphatic rings. The molecule has 0 atom stereocenters. The normalized spacial score (nSPS) is 16.4. The molecule has 0 spiro atoms. The van der Waals surface area contributed by atoms with Gasteiger partial charge in [-0.15, -0.1) is 0 Å². The fourth-order valence-electron chi connectivity index (χ4n) is 1.44. The predicted octanol–water partition coefficient (Wildman–Crippen LogP) is 2.01. The van der Waals surface area contributed by atoms with Gasteiger partial charge in [0.15, 0.2) is 5.78 Å². The lowest BCUT2D eigenvalue weighted by Gasteiger charge is -2.00. The van der Waals surface area contributed by atoms with Crippen LogP contribution in [0.5, 0.6) is 0 Å². The van der Waals surface area contributed by atoms with Gasteiger partial charge in [-0.25, -0.2) is 0 Å². The van der Waals surface area contributed by atoms with Gasteiger partial charge in [0, 0.05) is 19.7 Å². The van der Waals surface area contributed by atoms with E-state index in [4.69, 9.17) is 0 Å². The summed E-state index contributed by atoms with van der Waals surface area (Å²) >= 11 is 0. The molecule has 2 nitrogen and oxygen atoms in total. The lowest BCUT2D eigenvalue weighted by Crippen LogP contribution is -2.05. The number of Topliss-reactive ketones (excluding diaryl/α,β-unsaturated/α-hetero) is 1. The number of aryl methyl sites for hydroxylation is 1. The Morgan fingerprint density at radius 2 is 2.42 bits per heavy atom. The summed E-state index contributed by atoms with van der Waals surface area (Å²) in [4.78, 5) is 11.6. The average molecular weight is 163 g/mol. The van der Waals surface area contributed by atoms with Crippen LogP contribution in [0.2, 0.25) is 0 Å². The van der Waals surface area contributed by atoms with Crippen LogP contribution < -0.4 is 0 Å². The summed E-state index contributed by atoms with van der Waals surface area (Å²) in [5.41, 5.74) is 0.849. The second-order valence-corrected chi connectivity index (χ2v) is 3.58. The lowest BCUT2D eigenvalue weighted by atomic mass is 10.1. The maximum atomic E-state index is 11.6. The van der Waals surface area contributed by atoms with E-state index in [1.54, 1.807) is 0 Å². The highest BCUT2D eigenvalue weighted by atomic mass is 16.1. The van der Waals surface area contributed by atoms with Gasteiger partial charge in [-0.1, -0.05) is 0 Å². The topological polar surface area (TPSA) is 22.0 Å². The van der Waals surface area contributed by atoms with Crippen LogP contribution in [-0.4, -0.2) is 10.4 Å². The number of hydrogen-bond donors (Lipinski definition) is 0. The summed E-state index contributed by atoms with van der Waals surface area (Å²) in [7, 11) is 1.92. The Hall–Kier alpha value is -1.05. The molecule has 0 amide bonds. The molecule has 1 fully saturated rings. The zero-order valence-corrected chi connectivity index (χ0v) is 7.29. The number of nitrogens with zero attached hydrogens (tertiary/aromatic N) is 1. The van der Waals surface area contributed by atoms with E-state index >= 15 is 0 Å². The quantitative estimate of drug-likeness (QED) is 0.625. The minimum Gasteiger partial charge on any atom is -0.348 e. The van der Waals surface area contributed by atoms with Gasteiger partial charge in [0.25, 0.3) is 0 Å². The van der Waals surface area contributed by atoms with E-state index in [1.807, 2.05) is 29.9 Å². The lowest BCUT2D eigenvalue weighted by molar-refractivity contribution is 0.0968. The Morgan fingerprint density at radius 3 is 2.92 bits per heavy atom. The summed E-state index contributed by atoms with van der Waals surface area (Å²) in [6.07, 6.45) is 5.16. The second-order valence-electron chi connectivity index (χ2n) is 3.58. The van der Waals surface area contributed by atoms with Crippen molar-refractivity contribution >= 4 is 5.78 Å². The number of ketones is 1. The van der Waals surface area contributed by atoms with Crippen LogP contribution >= 0.6 is 0 Å². The maximum absolute atomic E-state index is 11.6. The standard InChI is InChI=1S/C10H13NO/c1-11-6-2-3-9(11)10(12)7-8-4-5-8/h2-3,6,8H,4-5,7H2,1H3. The van der Waals surface area contributed by atoms with Gasteiger partial charge in [0.1, 0.15) is 0 Å². The Kier molecular flexibility index (Phi) is 1.75. The van der Waals surface area contributed by atoms with E-state index in [1.165, 1.54) is 12.8 Å². The first kappa shape index (κ1) is 7.59. The van der Waals surface area contributed by atoms with E-state index in [0.29, 0.717) is 11.7 Å². The largest absolute Gasteiger partial charge is 0.348 e. The molecule has 0 unspecified atom stereocenters. The van der Waals surface area contributed by atoms with Crippen molar-refractivity contribution in [2.75, 3.05) is 0 Å². The minimum atomic E-state index is 0.296. The predicted molar refractivity (Wildman–Crippen MR) is 47.1 cm³/mol. The molecule has 12 heavy (non-hydrogen) atoms. The molecule has 1 saturated carbocycles. The summed E-state index contributed by atoms with van der Waals surface area (Å²) in [5, 5.41) is 0. The number of carbonyl (C=O) groups is 1. The number of carbonyl (C=O) groups excluding carboxylic acids is 1. The Balaban J connectivity index is 2.07. The third-order valence-electron chi connectivity index (χ3n) is 2.40. The van der Waals surface area contributed by atoms with Gasteiger partial charge in [0.05, 0.1) is 5.69 Å².